The number of halogens is 2. The van der Waals surface area contributed by atoms with Gasteiger partial charge in [0.2, 0.25) is 0 Å². The Morgan fingerprint density at radius 3 is 2.70 bits per heavy atom. The van der Waals surface area contributed by atoms with Gasteiger partial charge >= 0.3 is 0 Å². The van der Waals surface area contributed by atoms with Crippen LogP contribution in [0.1, 0.15) is 37.0 Å². The van der Waals surface area contributed by atoms with Crippen LogP contribution in [0.15, 0.2) is 30.3 Å². The SMILES string of the molecule is FC(F)c1nc2ccccc2n1-c1cc(N2CCOCC2)nc(C2NC2CC2CCNC2)n1. The number of imidazole rings is 1. The lowest BCUT2D eigenvalue weighted by Crippen LogP contribution is -2.37. The first-order valence-corrected chi connectivity index (χ1v) is 11.6. The Morgan fingerprint density at radius 2 is 1.91 bits per heavy atom. The molecule has 3 atom stereocenters. The number of hydrogen-bond donors (Lipinski definition) is 2. The van der Waals surface area contributed by atoms with Gasteiger partial charge in [-0.3, -0.25) is 4.57 Å². The summed E-state index contributed by atoms with van der Waals surface area (Å²) in [4.78, 5) is 16.0. The smallest absolute Gasteiger partial charge is 0.296 e. The van der Waals surface area contributed by atoms with E-state index in [0.717, 1.165) is 25.3 Å². The van der Waals surface area contributed by atoms with Gasteiger partial charge in [0.05, 0.1) is 30.3 Å². The van der Waals surface area contributed by atoms with Gasteiger partial charge in [-0.25, -0.2) is 23.7 Å². The average molecular weight is 456 g/mol. The molecule has 2 aromatic heterocycles. The molecule has 3 fully saturated rings. The molecule has 3 unspecified atom stereocenters. The topological polar surface area (TPSA) is 90.0 Å². The molecule has 0 bridgehead atoms. The normalized spacial score (nSPS) is 25.3. The largest absolute Gasteiger partial charge is 0.378 e. The molecular formula is C23H27F2N7O. The van der Waals surface area contributed by atoms with Gasteiger partial charge in [0, 0.05) is 25.2 Å². The second-order valence-corrected chi connectivity index (χ2v) is 8.98. The van der Waals surface area contributed by atoms with Gasteiger partial charge in [-0.15, -0.1) is 0 Å². The summed E-state index contributed by atoms with van der Waals surface area (Å²) in [6, 6.07) is 9.33. The quantitative estimate of drug-likeness (QED) is 0.552. The number of aromatic nitrogens is 4. The van der Waals surface area contributed by atoms with Crippen LogP contribution in [0, 0.1) is 5.92 Å². The monoisotopic (exact) mass is 455 g/mol. The summed E-state index contributed by atoms with van der Waals surface area (Å²) in [6.07, 6.45) is -0.470. The number of anilines is 1. The molecule has 3 aliphatic rings. The van der Waals surface area contributed by atoms with E-state index in [1.807, 2.05) is 6.07 Å². The van der Waals surface area contributed by atoms with Crippen LogP contribution in [0.25, 0.3) is 16.9 Å². The van der Waals surface area contributed by atoms with E-state index in [0.29, 0.717) is 60.9 Å². The van der Waals surface area contributed by atoms with E-state index in [2.05, 4.69) is 20.5 Å². The number of hydrogen-bond acceptors (Lipinski definition) is 7. The van der Waals surface area contributed by atoms with Crippen molar-refractivity contribution in [3.05, 3.63) is 42.0 Å². The number of nitrogens with zero attached hydrogens (tertiary/aromatic N) is 5. The van der Waals surface area contributed by atoms with Crippen LogP contribution in [0.3, 0.4) is 0 Å². The fourth-order valence-corrected chi connectivity index (χ4v) is 4.99. The van der Waals surface area contributed by atoms with E-state index in [1.54, 1.807) is 24.3 Å². The number of rotatable bonds is 6. The highest BCUT2D eigenvalue weighted by molar-refractivity contribution is 5.78. The zero-order chi connectivity index (χ0) is 22.4. The van der Waals surface area contributed by atoms with Crippen molar-refractivity contribution in [1.82, 2.24) is 30.2 Å². The summed E-state index contributed by atoms with van der Waals surface area (Å²) >= 11 is 0. The fourth-order valence-electron chi connectivity index (χ4n) is 4.99. The van der Waals surface area contributed by atoms with Gasteiger partial charge in [-0.05, 0) is 44.0 Å². The number of para-hydroxylation sites is 2. The molecule has 3 aliphatic heterocycles. The van der Waals surface area contributed by atoms with Gasteiger partial charge in [-0.1, -0.05) is 12.1 Å². The average Bonchev–Trinajstić information content (AvgIpc) is 3.23. The van der Waals surface area contributed by atoms with Crippen molar-refractivity contribution < 1.29 is 13.5 Å². The highest BCUT2D eigenvalue weighted by Crippen LogP contribution is 2.36. The Bertz CT molecular complexity index is 1140. The highest BCUT2D eigenvalue weighted by atomic mass is 19.3. The third kappa shape index (κ3) is 4.07. The van der Waals surface area contributed by atoms with Gasteiger partial charge in [0.15, 0.2) is 11.6 Å². The summed E-state index contributed by atoms with van der Waals surface area (Å²) in [7, 11) is 0. The van der Waals surface area contributed by atoms with Crippen molar-refractivity contribution in [3.8, 4) is 5.82 Å². The predicted octanol–water partition coefficient (Wildman–Crippen LogP) is 2.60. The third-order valence-electron chi connectivity index (χ3n) is 6.78. The van der Waals surface area contributed by atoms with Crippen molar-refractivity contribution in [2.75, 3.05) is 44.3 Å². The molecule has 0 saturated carbocycles. The minimum Gasteiger partial charge on any atom is -0.378 e. The molecule has 8 nitrogen and oxygen atoms in total. The molecule has 33 heavy (non-hydrogen) atoms. The van der Waals surface area contributed by atoms with Gasteiger partial charge in [-0.2, -0.15) is 0 Å². The predicted molar refractivity (Wildman–Crippen MR) is 120 cm³/mol. The van der Waals surface area contributed by atoms with Crippen molar-refractivity contribution in [2.45, 2.75) is 31.4 Å². The van der Waals surface area contributed by atoms with E-state index in [-0.39, 0.29) is 11.9 Å². The van der Waals surface area contributed by atoms with Crippen molar-refractivity contribution in [3.63, 3.8) is 0 Å². The first kappa shape index (κ1) is 20.9. The maximum absolute atomic E-state index is 14.0. The molecule has 1 aromatic carbocycles. The van der Waals surface area contributed by atoms with Crippen LogP contribution in [-0.2, 0) is 4.74 Å². The fraction of sp³-hybridized carbons (Fsp3) is 0.522. The molecule has 0 aliphatic carbocycles. The minimum absolute atomic E-state index is 0.0372. The second-order valence-electron chi connectivity index (χ2n) is 8.98. The summed E-state index contributed by atoms with van der Waals surface area (Å²) < 4.78 is 35.0. The number of benzene rings is 1. The van der Waals surface area contributed by atoms with Gasteiger partial charge < -0.3 is 20.3 Å². The van der Waals surface area contributed by atoms with Gasteiger partial charge in [0.1, 0.15) is 11.6 Å². The van der Waals surface area contributed by atoms with E-state index >= 15 is 0 Å². The van der Waals surface area contributed by atoms with Crippen LogP contribution >= 0.6 is 0 Å². The van der Waals surface area contributed by atoms with Crippen LogP contribution in [-0.4, -0.2) is 65.0 Å². The summed E-state index contributed by atoms with van der Waals surface area (Å²) in [6.45, 7) is 4.76. The van der Waals surface area contributed by atoms with E-state index in [4.69, 9.17) is 14.7 Å². The molecule has 10 heteroatoms. The maximum Gasteiger partial charge on any atom is 0.296 e. The molecule has 3 aromatic rings. The van der Waals surface area contributed by atoms with Crippen LogP contribution in [0.5, 0.6) is 0 Å². The molecule has 0 spiro atoms. The van der Waals surface area contributed by atoms with Crippen LogP contribution < -0.4 is 15.5 Å². The maximum atomic E-state index is 14.0. The van der Waals surface area contributed by atoms with Crippen LogP contribution in [0.4, 0.5) is 14.6 Å². The Labute approximate surface area is 190 Å². The number of ether oxygens (including phenoxy) is 1. The molecule has 2 N–H and O–H groups in total. The minimum atomic E-state index is -2.72. The second kappa shape index (κ2) is 8.58. The molecule has 3 saturated heterocycles. The van der Waals surface area contributed by atoms with E-state index in [1.165, 1.54) is 11.0 Å². The van der Waals surface area contributed by atoms with E-state index in [9.17, 15) is 8.78 Å². The number of morpholine rings is 1. The van der Waals surface area contributed by atoms with Gasteiger partial charge in [0.25, 0.3) is 6.43 Å². The zero-order valence-electron chi connectivity index (χ0n) is 18.3. The Morgan fingerprint density at radius 1 is 1.09 bits per heavy atom. The highest BCUT2D eigenvalue weighted by Gasteiger charge is 2.42. The first-order chi connectivity index (χ1) is 16.2. The lowest BCUT2D eigenvalue weighted by atomic mass is 10.0. The summed E-state index contributed by atoms with van der Waals surface area (Å²) in [5.74, 6) is 2.18. The van der Waals surface area contributed by atoms with Crippen molar-refractivity contribution in [1.29, 1.82) is 0 Å². The molecule has 0 amide bonds. The molecule has 6 rings (SSSR count). The standard InChI is InChI=1S/C23H27F2N7O/c24-21(25)23-28-15-3-1-2-4-17(15)32(23)19-12-18(31-7-9-33-10-8-31)29-22(30-19)20-16(27-20)11-14-5-6-26-13-14/h1-4,12,14,16,20-21,26-27H,5-11,13H2. The summed E-state index contributed by atoms with van der Waals surface area (Å²) in [5.41, 5.74) is 1.14. The Kier molecular flexibility index (Phi) is 5.43. The summed E-state index contributed by atoms with van der Waals surface area (Å²) in [5, 5.41) is 6.93. The van der Waals surface area contributed by atoms with Crippen molar-refractivity contribution in [2.24, 2.45) is 5.92 Å². The van der Waals surface area contributed by atoms with Crippen LogP contribution in [0.2, 0.25) is 0 Å². The Balaban J connectivity index is 1.41. The Hall–Kier alpha value is -2.69. The third-order valence-corrected chi connectivity index (χ3v) is 6.78. The lowest BCUT2D eigenvalue weighted by Gasteiger charge is -2.28. The van der Waals surface area contributed by atoms with Crippen molar-refractivity contribution >= 4 is 16.9 Å². The molecular weight excluding hydrogens is 428 g/mol. The zero-order valence-corrected chi connectivity index (χ0v) is 18.3. The molecule has 5 heterocycles. The number of nitrogens with one attached hydrogen (secondary N) is 2. The molecule has 0 radical (unpaired) electrons. The number of fused-ring (bicyclic) bond motifs is 1. The molecule has 174 valence electrons. The first-order valence-electron chi connectivity index (χ1n) is 11.6. The lowest BCUT2D eigenvalue weighted by molar-refractivity contribution is 0.122. The van der Waals surface area contributed by atoms with E-state index < -0.39 is 6.43 Å². The number of alkyl halides is 2.